The Morgan fingerprint density at radius 2 is 2.38 bits per heavy atom. The highest BCUT2D eigenvalue weighted by Crippen LogP contribution is 1.74. The highest BCUT2D eigenvalue weighted by molar-refractivity contribution is 5.73. The minimum Gasteiger partial charge on any atom is -0.353 e. The summed E-state index contributed by atoms with van der Waals surface area (Å²) in [5.74, 6) is -0.0650. The summed E-state index contributed by atoms with van der Waals surface area (Å²) in [6.45, 7) is 3.50. The minimum absolute atomic E-state index is 0.00694. The van der Waals surface area contributed by atoms with Gasteiger partial charge in [-0.1, -0.05) is 0 Å². The van der Waals surface area contributed by atoms with E-state index in [-0.39, 0.29) is 18.5 Å². The van der Waals surface area contributed by atoms with Crippen molar-refractivity contribution in [3.63, 3.8) is 0 Å². The van der Waals surface area contributed by atoms with Crippen molar-refractivity contribution in [3.8, 4) is 0 Å². The Morgan fingerprint density at radius 1 is 1.88 bits per heavy atom. The fourth-order valence-corrected chi connectivity index (χ4v) is 0.398. The summed E-state index contributed by atoms with van der Waals surface area (Å²) < 4.78 is 0. The number of nitrogens with one attached hydrogen (secondary N) is 2. The van der Waals surface area contributed by atoms with E-state index < -0.39 is 0 Å². The summed E-state index contributed by atoms with van der Waals surface area (Å²) in [6, 6.07) is -0.00694. The van der Waals surface area contributed by atoms with Gasteiger partial charge in [-0.2, -0.15) is 0 Å². The SMILES string of the molecule is CC(=O)NC(C)C[NH]. The Kier molecular flexibility index (Phi) is 3.19. The fourth-order valence-electron chi connectivity index (χ4n) is 0.398. The van der Waals surface area contributed by atoms with Gasteiger partial charge in [0.15, 0.2) is 0 Å². The Labute approximate surface area is 49.3 Å². The molecule has 0 aromatic carbocycles. The van der Waals surface area contributed by atoms with E-state index in [1.165, 1.54) is 6.92 Å². The summed E-state index contributed by atoms with van der Waals surface area (Å²) >= 11 is 0. The summed E-state index contributed by atoms with van der Waals surface area (Å²) in [7, 11) is 0. The molecule has 0 bridgehead atoms. The van der Waals surface area contributed by atoms with Gasteiger partial charge >= 0.3 is 0 Å². The zero-order valence-corrected chi connectivity index (χ0v) is 5.19. The quantitative estimate of drug-likeness (QED) is 0.532. The molecule has 0 rings (SSSR count). The maximum absolute atomic E-state index is 10.2. The second-order valence-electron chi connectivity index (χ2n) is 1.81. The van der Waals surface area contributed by atoms with Crippen LogP contribution in [0.3, 0.4) is 0 Å². The molecule has 0 aliphatic rings. The second kappa shape index (κ2) is 3.43. The molecular formula is C5H11N2O. The van der Waals surface area contributed by atoms with Crippen LogP contribution in [0.5, 0.6) is 0 Å². The molecule has 2 N–H and O–H groups in total. The molecule has 0 aromatic rings. The van der Waals surface area contributed by atoms with Crippen molar-refractivity contribution in [1.82, 2.24) is 11.1 Å². The molecule has 0 spiro atoms. The molecule has 0 aromatic heterocycles. The van der Waals surface area contributed by atoms with Crippen LogP contribution in [0.1, 0.15) is 13.8 Å². The van der Waals surface area contributed by atoms with Crippen LogP contribution in [0, 0.1) is 0 Å². The molecule has 0 saturated heterocycles. The number of hydrogen-bond donors (Lipinski definition) is 1. The van der Waals surface area contributed by atoms with Gasteiger partial charge in [-0.3, -0.25) is 10.5 Å². The number of carbonyl (C=O) groups is 1. The molecule has 0 aliphatic carbocycles. The normalized spacial score (nSPS) is 12.9. The lowest BCUT2D eigenvalue weighted by Crippen LogP contribution is -2.33. The van der Waals surface area contributed by atoms with Crippen molar-refractivity contribution in [2.75, 3.05) is 6.54 Å². The Hall–Kier alpha value is -0.570. The molecule has 1 amide bonds. The average Bonchev–Trinajstić information content (AvgIpc) is 1.65. The van der Waals surface area contributed by atoms with Gasteiger partial charge in [0.1, 0.15) is 0 Å². The van der Waals surface area contributed by atoms with Crippen LogP contribution in [0.2, 0.25) is 0 Å². The lowest BCUT2D eigenvalue weighted by molar-refractivity contribution is -0.119. The lowest BCUT2D eigenvalue weighted by Gasteiger charge is -2.06. The fraction of sp³-hybridized carbons (Fsp3) is 0.800. The smallest absolute Gasteiger partial charge is 0.217 e. The predicted molar refractivity (Wildman–Crippen MR) is 31.2 cm³/mol. The maximum atomic E-state index is 10.2. The molecule has 0 heterocycles. The standard InChI is InChI=1S/C5H11N2O/c1-4(3-6)7-5(2)8/h4,6H,3H2,1-2H3,(H,7,8). The third kappa shape index (κ3) is 3.61. The molecule has 1 atom stereocenters. The predicted octanol–water partition coefficient (Wildman–Crippen LogP) is -0.206. The highest BCUT2D eigenvalue weighted by atomic mass is 16.1. The molecular weight excluding hydrogens is 104 g/mol. The van der Waals surface area contributed by atoms with Crippen molar-refractivity contribution in [2.24, 2.45) is 0 Å². The van der Waals surface area contributed by atoms with E-state index in [0.717, 1.165) is 0 Å². The van der Waals surface area contributed by atoms with E-state index in [0.29, 0.717) is 0 Å². The topological polar surface area (TPSA) is 52.9 Å². The van der Waals surface area contributed by atoms with E-state index in [9.17, 15) is 4.79 Å². The molecule has 8 heavy (non-hydrogen) atoms. The van der Waals surface area contributed by atoms with Crippen LogP contribution >= 0.6 is 0 Å². The van der Waals surface area contributed by atoms with Crippen LogP contribution in [0.25, 0.3) is 0 Å². The monoisotopic (exact) mass is 115 g/mol. The molecule has 1 radical (unpaired) electrons. The van der Waals surface area contributed by atoms with Crippen molar-refractivity contribution in [1.29, 1.82) is 0 Å². The zero-order chi connectivity index (χ0) is 6.57. The van der Waals surface area contributed by atoms with Crippen molar-refractivity contribution < 1.29 is 4.79 Å². The van der Waals surface area contributed by atoms with Crippen molar-refractivity contribution in [2.45, 2.75) is 19.9 Å². The van der Waals surface area contributed by atoms with E-state index in [2.05, 4.69) is 5.32 Å². The first kappa shape index (κ1) is 7.43. The molecule has 3 nitrogen and oxygen atoms in total. The number of carbonyl (C=O) groups excluding carboxylic acids is 1. The summed E-state index contributed by atoms with van der Waals surface area (Å²) in [4.78, 5) is 10.2. The first-order chi connectivity index (χ1) is 3.66. The molecule has 47 valence electrons. The Balaban J connectivity index is 3.24. The van der Waals surface area contributed by atoms with Gasteiger partial charge in [-0.05, 0) is 6.92 Å². The van der Waals surface area contributed by atoms with Gasteiger partial charge in [0.25, 0.3) is 0 Å². The van der Waals surface area contributed by atoms with E-state index >= 15 is 0 Å². The van der Waals surface area contributed by atoms with Gasteiger partial charge in [-0.15, -0.1) is 0 Å². The highest BCUT2D eigenvalue weighted by Gasteiger charge is 1.97. The lowest BCUT2D eigenvalue weighted by atomic mass is 10.3. The zero-order valence-electron chi connectivity index (χ0n) is 5.19. The van der Waals surface area contributed by atoms with Crippen LogP contribution in [-0.4, -0.2) is 18.5 Å². The van der Waals surface area contributed by atoms with Crippen LogP contribution in [0.15, 0.2) is 0 Å². The number of hydrogen-bond acceptors (Lipinski definition) is 1. The van der Waals surface area contributed by atoms with E-state index in [4.69, 9.17) is 5.73 Å². The van der Waals surface area contributed by atoms with Crippen LogP contribution in [-0.2, 0) is 4.79 Å². The van der Waals surface area contributed by atoms with Gasteiger partial charge in [0.05, 0.1) is 0 Å². The largest absolute Gasteiger partial charge is 0.353 e. The summed E-state index contributed by atoms with van der Waals surface area (Å²) in [5, 5.41) is 2.57. The van der Waals surface area contributed by atoms with Gasteiger partial charge in [-0.25, -0.2) is 0 Å². The molecule has 3 heteroatoms. The third-order valence-electron chi connectivity index (χ3n) is 0.756. The Bertz CT molecular complexity index is 82.5. The number of amides is 1. The second-order valence-corrected chi connectivity index (χ2v) is 1.81. The molecule has 1 unspecified atom stereocenters. The minimum atomic E-state index is -0.0650. The average molecular weight is 115 g/mol. The molecule has 0 saturated carbocycles. The maximum Gasteiger partial charge on any atom is 0.217 e. The van der Waals surface area contributed by atoms with Crippen LogP contribution < -0.4 is 11.1 Å². The first-order valence-corrected chi connectivity index (χ1v) is 2.58. The van der Waals surface area contributed by atoms with Crippen molar-refractivity contribution in [3.05, 3.63) is 0 Å². The first-order valence-electron chi connectivity index (χ1n) is 2.58. The van der Waals surface area contributed by atoms with E-state index in [1.807, 2.05) is 0 Å². The van der Waals surface area contributed by atoms with Crippen molar-refractivity contribution >= 4 is 5.91 Å². The molecule has 0 aliphatic heterocycles. The van der Waals surface area contributed by atoms with Gasteiger partial charge < -0.3 is 5.32 Å². The van der Waals surface area contributed by atoms with E-state index in [1.54, 1.807) is 6.92 Å². The third-order valence-corrected chi connectivity index (χ3v) is 0.756. The van der Waals surface area contributed by atoms with Gasteiger partial charge in [0.2, 0.25) is 5.91 Å². The van der Waals surface area contributed by atoms with Crippen LogP contribution in [0.4, 0.5) is 0 Å². The number of rotatable bonds is 2. The Morgan fingerprint density at radius 3 is 2.50 bits per heavy atom. The molecule has 0 fully saturated rings. The summed E-state index contributed by atoms with van der Waals surface area (Å²) in [6.07, 6.45) is 0. The van der Waals surface area contributed by atoms with Gasteiger partial charge in [0, 0.05) is 19.5 Å². The summed E-state index contributed by atoms with van der Waals surface area (Å²) in [5.41, 5.74) is 6.79.